The van der Waals surface area contributed by atoms with Gasteiger partial charge in [-0.1, -0.05) is 31.0 Å². The van der Waals surface area contributed by atoms with Crippen molar-refractivity contribution in [2.45, 2.75) is 91.5 Å². The minimum absolute atomic E-state index is 0.143. The van der Waals surface area contributed by atoms with Gasteiger partial charge in [-0.25, -0.2) is 0 Å². The Morgan fingerprint density at radius 1 is 1.10 bits per heavy atom. The number of nitrogens with one attached hydrogen (secondary N) is 1. The van der Waals surface area contributed by atoms with Crippen molar-refractivity contribution in [1.29, 1.82) is 0 Å². The highest BCUT2D eigenvalue weighted by Crippen LogP contribution is 2.67. The molecule has 1 aromatic rings. The third-order valence-electron chi connectivity index (χ3n) is 7.97. The van der Waals surface area contributed by atoms with Crippen LogP contribution in [0.1, 0.15) is 79.2 Å². The molecule has 1 fully saturated rings. The van der Waals surface area contributed by atoms with Crippen molar-refractivity contribution in [2.24, 2.45) is 10.8 Å². The molecule has 2 unspecified atom stereocenters. The zero-order chi connectivity index (χ0) is 30.6. The van der Waals surface area contributed by atoms with Crippen LogP contribution >= 0.6 is 7.60 Å². The van der Waals surface area contributed by atoms with Crippen molar-refractivity contribution in [3.63, 3.8) is 0 Å². The Bertz CT molecular complexity index is 1200. The summed E-state index contributed by atoms with van der Waals surface area (Å²) >= 11 is 0. The van der Waals surface area contributed by atoms with Crippen LogP contribution < -0.4 is 10.2 Å². The van der Waals surface area contributed by atoms with Gasteiger partial charge in [-0.05, 0) is 78.9 Å². The van der Waals surface area contributed by atoms with E-state index in [9.17, 15) is 28.6 Å². The predicted octanol–water partition coefficient (Wildman–Crippen LogP) is 4.10. The van der Waals surface area contributed by atoms with Crippen molar-refractivity contribution in [3.05, 3.63) is 29.8 Å². The summed E-state index contributed by atoms with van der Waals surface area (Å²) in [5, 5.41) is 0.612. The summed E-state index contributed by atoms with van der Waals surface area (Å²) in [6, 6.07) is 6.14. The van der Waals surface area contributed by atoms with Crippen LogP contribution in [-0.4, -0.2) is 59.8 Å². The van der Waals surface area contributed by atoms with E-state index in [0.29, 0.717) is 24.9 Å². The highest BCUT2D eigenvalue weighted by atomic mass is 31.2. The molecule has 0 bridgehead atoms. The van der Waals surface area contributed by atoms with Crippen LogP contribution in [0, 0.1) is 10.8 Å². The number of nitrogens with zero attached hydrogens (tertiary/aromatic N) is 1. The molecule has 0 saturated heterocycles. The van der Waals surface area contributed by atoms with Gasteiger partial charge in [0, 0.05) is 5.69 Å². The Hall–Kier alpha value is -2.75. The smallest absolute Gasteiger partial charge is 0.372 e. The summed E-state index contributed by atoms with van der Waals surface area (Å²) in [4.78, 5) is 66.2. The summed E-state index contributed by atoms with van der Waals surface area (Å²) in [5.74, 6) is -2.52. The molecule has 2 aliphatic rings. The van der Waals surface area contributed by atoms with E-state index < -0.39 is 53.6 Å². The maximum Gasteiger partial charge on any atom is 0.372 e. The molecular formula is C29H43N2O9P. The van der Waals surface area contributed by atoms with E-state index in [1.165, 1.54) is 18.7 Å². The first-order valence-corrected chi connectivity index (χ1v) is 15.8. The van der Waals surface area contributed by atoms with Crippen molar-refractivity contribution in [2.75, 3.05) is 24.7 Å². The zero-order valence-electron chi connectivity index (χ0n) is 24.9. The number of anilines is 1. The number of para-hydroxylation sites is 1. The Morgan fingerprint density at radius 2 is 1.73 bits per heavy atom. The molecule has 2 N–H and O–H groups in total. The number of rotatable bonds is 10. The lowest BCUT2D eigenvalue weighted by Crippen LogP contribution is -2.60. The number of aryl methyl sites for hydroxylation is 1. The summed E-state index contributed by atoms with van der Waals surface area (Å²) in [6.45, 7) is 9.00. The molecule has 2 amide bonds. The van der Waals surface area contributed by atoms with Crippen LogP contribution in [0.5, 0.6) is 0 Å². The van der Waals surface area contributed by atoms with Crippen LogP contribution in [0.3, 0.4) is 0 Å². The fraction of sp³-hybridized carbons (Fsp3) is 0.655. The molecule has 0 aromatic heterocycles. The third-order valence-corrected chi connectivity index (χ3v) is 10.2. The lowest BCUT2D eigenvalue weighted by molar-refractivity contribution is -0.176. The first-order chi connectivity index (χ1) is 19.1. The molecule has 0 radical (unpaired) electrons. The predicted molar refractivity (Wildman–Crippen MR) is 152 cm³/mol. The van der Waals surface area contributed by atoms with Gasteiger partial charge >= 0.3 is 19.5 Å². The SMILES string of the molecule is CCOC(=O)CN1C(=O)[C@@H](NC(=O)C2(C(C)(OC(=O)C(C)(C)C)P(=O)(O)OCC)CCCC2)CCc2ccccc21. The first-order valence-electron chi connectivity index (χ1n) is 14.2. The van der Waals surface area contributed by atoms with Gasteiger partial charge in [0.2, 0.25) is 17.2 Å². The quantitative estimate of drug-likeness (QED) is 0.302. The molecule has 0 spiro atoms. The molecule has 12 heteroatoms. The average molecular weight is 595 g/mol. The molecule has 11 nitrogen and oxygen atoms in total. The number of hydrogen-bond donors (Lipinski definition) is 2. The van der Waals surface area contributed by atoms with Gasteiger partial charge < -0.3 is 24.2 Å². The zero-order valence-corrected chi connectivity index (χ0v) is 25.8. The van der Waals surface area contributed by atoms with Crippen LogP contribution in [-0.2, 0) is 44.2 Å². The first kappa shape index (κ1) is 32.8. The molecule has 228 valence electrons. The van der Waals surface area contributed by atoms with Gasteiger partial charge in [-0.2, -0.15) is 0 Å². The number of carbonyl (C=O) groups is 4. The number of hydrogen-bond acceptors (Lipinski definition) is 8. The minimum atomic E-state index is -4.73. The largest absolute Gasteiger partial charge is 0.465 e. The second kappa shape index (κ2) is 12.6. The molecule has 1 aromatic carbocycles. The molecule has 3 atom stereocenters. The number of amides is 2. The number of carbonyl (C=O) groups excluding carboxylic acids is 4. The third kappa shape index (κ3) is 6.52. The fourth-order valence-electron chi connectivity index (χ4n) is 5.58. The summed E-state index contributed by atoms with van der Waals surface area (Å²) in [5.41, 5.74) is -1.28. The monoisotopic (exact) mass is 594 g/mol. The number of ether oxygens (including phenoxy) is 2. The van der Waals surface area contributed by atoms with E-state index in [1.54, 1.807) is 39.8 Å². The number of benzene rings is 1. The minimum Gasteiger partial charge on any atom is -0.465 e. The van der Waals surface area contributed by atoms with E-state index in [1.807, 2.05) is 12.1 Å². The van der Waals surface area contributed by atoms with Crippen LogP contribution in [0.25, 0.3) is 0 Å². The van der Waals surface area contributed by atoms with Gasteiger partial charge in [0.1, 0.15) is 18.0 Å². The Kier molecular flexibility index (Phi) is 10.1. The maximum atomic E-state index is 14.3. The Balaban J connectivity index is 2.02. The van der Waals surface area contributed by atoms with Crippen molar-refractivity contribution in [3.8, 4) is 0 Å². The highest BCUT2D eigenvalue weighted by Gasteiger charge is 2.67. The standard InChI is InChI=1S/C29H43N2O9P/c1-7-38-23(32)19-31-22-14-10-9-13-20(22)15-16-21(24(31)33)30-25(34)29(17-11-12-18-29)28(6,41(36,37)39-8-2)40-26(35)27(3,4)5/h9-10,13-14,21H,7-8,11-12,15-19H2,1-6H3,(H,30,34)(H,36,37)/t21-,28?/m0/s1. The van der Waals surface area contributed by atoms with Crippen LogP contribution in [0.4, 0.5) is 5.69 Å². The van der Waals surface area contributed by atoms with Crippen molar-refractivity contribution < 1.29 is 42.6 Å². The van der Waals surface area contributed by atoms with Gasteiger partial charge in [-0.3, -0.25) is 28.6 Å². The van der Waals surface area contributed by atoms with Crippen LogP contribution in [0.2, 0.25) is 0 Å². The summed E-state index contributed by atoms with van der Waals surface area (Å²) in [7, 11) is -4.73. The molecule has 1 heterocycles. The van der Waals surface area contributed by atoms with Gasteiger partial charge in [0.05, 0.1) is 18.6 Å². The topological polar surface area (TPSA) is 149 Å². The molecule has 1 aliphatic carbocycles. The van der Waals surface area contributed by atoms with Gasteiger partial charge in [0.15, 0.2) is 0 Å². The molecule has 1 aliphatic heterocycles. The molecular weight excluding hydrogens is 551 g/mol. The average Bonchev–Trinajstić information content (AvgIpc) is 3.36. The number of fused-ring (bicyclic) bond motifs is 1. The lowest BCUT2D eigenvalue weighted by Gasteiger charge is -2.46. The normalized spacial score (nSPS) is 21.6. The van der Waals surface area contributed by atoms with Crippen molar-refractivity contribution in [1.82, 2.24) is 5.32 Å². The Morgan fingerprint density at radius 3 is 2.32 bits per heavy atom. The van der Waals surface area contributed by atoms with E-state index >= 15 is 0 Å². The second-order valence-electron chi connectivity index (χ2n) is 11.8. The fourth-order valence-corrected chi connectivity index (χ4v) is 7.24. The lowest BCUT2D eigenvalue weighted by atomic mass is 9.78. The highest BCUT2D eigenvalue weighted by molar-refractivity contribution is 7.54. The molecule has 41 heavy (non-hydrogen) atoms. The Labute approximate surface area is 241 Å². The van der Waals surface area contributed by atoms with Gasteiger partial charge in [-0.15, -0.1) is 0 Å². The van der Waals surface area contributed by atoms with Crippen LogP contribution in [0.15, 0.2) is 24.3 Å². The van der Waals surface area contributed by atoms with E-state index in [-0.39, 0.29) is 39.0 Å². The van der Waals surface area contributed by atoms with E-state index in [0.717, 1.165) is 5.56 Å². The number of esters is 2. The summed E-state index contributed by atoms with van der Waals surface area (Å²) in [6.07, 6.45) is 2.06. The van der Waals surface area contributed by atoms with E-state index in [4.69, 9.17) is 14.0 Å². The molecule has 1 saturated carbocycles. The van der Waals surface area contributed by atoms with Gasteiger partial charge in [0.25, 0.3) is 0 Å². The maximum absolute atomic E-state index is 14.3. The van der Waals surface area contributed by atoms with Crippen molar-refractivity contribution >= 4 is 37.0 Å². The second-order valence-corrected chi connectivity index (χ2v) is 13.9. The molecule has 3 rings (SSSR count). The summed E-state index contributed by atoms with van der Waals surface area (Å²) < 4.78 is 29.9. The van der Waals surface area contributed by atoms with E-state index in [2.05, 4.69) is 5.32 Å².